The monoisotopic (exact) mass is 179 g/mol. The summed E-state index contributed by atoms with van der Waals surface area (Å²) in [7, 11) is 0. The Bertz CT molecular complexity index is 366. The van der Waals surface area contributed by atoms with Gasteiger partial charge in [0.05, 0.1) is 11.5 Å². The van der Waals surface area contributed by atoms with E-state index in [4.69, 9.17) is 10.4 Å². The molecular weight excluding hydrogens is 169 g/mol. The van der Waals surface area contributed by atoms with Crippen LogP contribution in [0.15, 0.2) is 18.2 Å². The van der Waals surface area contributed by atoms with Crippen LogP contribution in [0, 0.1) is 17.1 Å². The second kappa shape index (κ2) is 3.06. The van der Waals surface area contributed by atoms with Gasteiger partial charge in [-0.2, -0.15) is 5.26 Å². The van der Waals surface area contributed by atoms with E-state index in [9.17, 15) is 4.39 Å². The van der Waals surface area contributed by atoms with Gasteiger partial charge in [0, 0.05) is 0 Å². The number of hydrogen-bond donors (Lipinski definition) is 1. The van der Waals surface area contributed by atoms with Crippen LogP contribution in [0.3, 0.4) is 0 Å². The maximum atomic E-state index is 12.7. The Kier molecular flexibility index (Phi) is 2.24. The van der Waals surface area contributed by atoms with Gasteiger partial charge in [0.2, 0.25) is 0 Å². The standard InChI is InChI=1S/C10H10FNO/c1-10(2,6-12)7-3-4-8(11)9(13)5-7/h3-5,13H,1-2H3. The molecule has 0 radical (unpaired) electrons. The average molecular weight is 179 g/mol. The number of halogens is 1. The molecule has 68 valence electrons. The van der Waals surface area contributed by atoms with E-state index in [1.165, 1.54) is 12.1 Å². The molecule has 13 heavy (non-hydrogen) atoms. The minimum absolute atomic E-state index is 0.416. The molecule has 1 rings (SSSR count). The Morgan fingerprint density at radius 1 is 1.46 bits per heavy atom. The van der Waals surface area contributed by atoms with Crippen LogP contribution in [-0.2, 0) is 5.41 Å². The summed E-state index contributed by atoms with van der Waals surface area (Å²) in [5, 5.41) is 17.9. The first-order chi connectivity index (χ1) is 5.97. The van der Waals surface area contributed by atoms with Crippen LogP contribution in [0.5, 0.6) is 5.75 Å². The number of nitrogens with zero attached hydrogens (tertiary/aromatic N) is 1. The van der Waals surface area contributed by atoms with Crippen molar-refractivity contribution in [2.45, 2.75) is 19.3 Å². The molecule has 0 atom stereocenters. The number of phenols is 1. The highest BCUT2D eigenvalue weighted by Crippen LogP contribution is 2.26. The Hall–Kier alpha value is -1.56. The lowest BCUT2D eigenvalue weighted by Crippen LogP contribution is -2.13. The first-order valence-corrected chi connectivity index (χ1v) is 3.87. The third-order valence-electron chi connectivity index (χ3n) is 1.95. The van der Waals surface area contributed by atoms with E-state index >= 15 is 0 Å². The van der Waals surface area contributed by atoms with E-state index < -0.39 is 17.0 Å². The number of phenolic OH excluding ortho intramolecular Hbond substituents is 1. The Morgan fingerprint density at radius 3 is 2.54 bits per heavy atom. The summed E-state index contributed by atoms with van der Waals surface area (Å²) in [5.74, 6) is -1.08. The summed E-state index contributed by atoms with van der Waals surface area (Å²) < 4.78 is 12.7. The molecule has 0 aliphatic heterocycles. The van der Waals surface area contributed by atoms with Crippen LogP contribution < -0.4 is 0 Å². The number of hydrogen-bond acceptors (Lipinski definition) is 2. The summed E-state index contributed by atoms with van der Waals surface area (Å²) in [4.78, 5) is 0. The molecule has 0 aliphatic rings. The molecule has 0 fully saturated rings. The molecule has 2 nitrogen and oxygen atoms in total. The van der Waals surface area contributed by atoms with Gasteiger partial charge in [-0.25, -0.2) is 4.39 Å². The molecule has 0 aromatic heterocycles. The highest BCUT2D eigenvalue weighted by Gasteiger charge is 2.20. The molecule has 3 heteroatoms. The quantitative estimate of drug-likeness (QED) is 0.719. The predicted octanol–water partition coefficient (Wildman–Crippen LogP) is 2.33. The van der Waals surface area contributed by atoms with Gasteiger partial charge < -0.3 is 5.11 Å². The molecule has 0 saturated carbocycles. The van der Waals surface area contributed by atoms with Crippen LogP contribution in [0.25, 0.3) is 0 Å². The third kappa shape index (κ3) is 1.78. The first-order valence-electron chi connectivity index (χ1n) is 3.87. The normalized spacial score (nSPS) is 10.9. The van der Waals surface area contributed by atoms with E-state index in [0.29, 0.717) is 5.56 Å². The smallest absolute Gasteiger partial charge is 0.164 e. The van der Waals surface area contributed by atoms with Crippen LogP contribution in [0.2, 0.25) is 0 Å². The van der Waals surface area contributed by atoms with Crippen molar-refractivity contribution < 1.29 is 9.50 Å². The molecule has 1 aromatic rings. The number of rotatable bonds is 1. The second-order valence-corrected chi connectivity index (χ2v) is 3.40. The Balaban J connectivity index is 3.20. The zero-order valence-corrected chi connectivity index (χ0v) is 7.50. The summed E-state index contributed by atoms with van der Waals surface area (Å²) in [6, 6.07) is 6.00. The predicted molar refractivity (Wildman–Crippen MR) is 46.7 cm³/mol. The summed E-state index contributed by atoms with van der Waals surface area (Å²) in [5.41, 5.74) is -0.0977. The van der Waals surface area contributed by atoms with E-state index in [1.807, 2.05) is 0 Å². The van der Waals surface area contributed by atoms with E-state index in [0.717, 1.165) is 6.07 Å². The lowest BCUT2D eigenvalue weighted by molar-refractivity contribution is 0.430. The third-order valence-corrected chi connectivity index (χ3v) is 1.95. The van der Waals surface area contributed by atoms with Crippen molar-refractivity contribution in [2.75, 3.05) is 0 Å². The van der Waals surface area contributed by atoms with Gasteiger partial charge in [-0.1, -0.05) is 6.07 Å². The first kappa shape index (κ1) is 9.53. The van der Waals surface area contributed by atoms with Crippen molar-refractivity contribution in [1.29, 1.82) is 5.26 Å². The molecule has 0 spiro atoms. The zero-order valence-electron chi connectivity index (χ0n) is 7.50. The topological polar surface area (TPSA) is 44.0 Å². The SMILES string of the molecule is CC(C)(C#N)c1ccc(F)c(O)c1. The molecule has 0 bridgehead atoms. The summed E-state index contributed by atoms with van der Waals surface area (Å²) >= 11 is 0. The fourth-order valence-electron chi connectivity index (χ4n) is 0.966. The number of aromatic hydroxyl groups is 1. The van der Waals surface area contributed by atoms with Crippen LogP contribution in [0.4, 0.5) is 4.39 Å². The highest BCUT2D eigenvalue weighted by atomic mass is 19.1. The van der Waals surface area contributed by atoms with Gasteiger partial charge in [-0.05, 0) is 31.5 Å². The molecular formula is C10H10FNO. The minimum atomic E-state index is -0.703. The summed E-state index contributed by atoms with van der Waals surface area (Å²) in [6.07, 6.45) is 0. The van der Waals surface area contributed by atoms with Gasteiger partial charge in [0.25, 0.3) is 0 Å². The van der Waals surface area contributed by atoms with Crippen LogP contribution in [0.1, 0.15) is 19.4 Å². The van der Waals surface area contributed by atoms with Gasteiger partial charge in [-0.3, -0.25) is 0 Å². The fourth-order valence-corrected chi connectivity index (χ4v) is 0.966. The van der Waals surface area contributed by atoms with Crippen molar-refractivity contribution in [3.05, 3.63) is 29.6 Å². The van der Waals surface area contributed by atoms with E-state index in [1.54, 1.807) is 13.8 Å². The molecule has 0 unspecified atom stereocenters. The second-order valence-electron chi connectivity index (χ2n) is 3.40. The van der Waals surface area contributed by atoms with Crippen molar-refractivity contribution in [1.82, 2.24) is 0 Å². The lowest BCUT2D eigenvalue weighted by Gasteiger charge is -2.15. The zero-order chi connectivity index (χ0) is 10.1. The maximum Gasteiger partial charge on any atom is 0.164 e. The molecule has 0 aliphatic carbocycles. The Labute approximate surface area is 76.2 Å². The molecule has 0 heterocycles. The van der Waals surface area contributed by atoms with E-state index in [2.05, 4.69) is 6.07 Å². The minimum Gasteiger partial charge on any atom is -0.505 e. The van der Waals surface area contributed by atoms with Gasteiger partial charge in [0.15, 0.2) is 11.6 Å². The average Bonchev–Trinajstić information content (AvgIpc) is 2.09. The lowest BCUT2D eigenvalue weighted by atomic mass is 9.86. The molecule has 0 saturated heterocycles. The number of nitriles is 1. The highest BCUT2D eigenvalue weighted by molar-refractivity contribution is 5.36. The van der Waals surface area contributed by atoms with Crippen molar-refractivity contribution in [2.24, 2.45) is 0 Å². The molecule has 1 N–H and O–H groups in total. The summed E-state index contributed by atoms with van der Waals surface area (Å²) in [6.45, 7) is 3.42. The van der Waals surface area contributed by atoms with Crippen LogP contribution in [-0.4, -0.2) is 5.11 Å². The van der Waals surface area contributed by atoms with E-state index in [-0.39, 0.29) is 0 Å². The van der Waals surface area contributed by atoms with Crippen molar-refractivity contribution in [3.63, 3.8) is 0 Å². The fraction of sp³-hybridized carbons (Fsp3) is 0.300. The molecule has 0 amide bonds. The molecule has 1 aromatic carbocycles. The number of benzene rings is 1. The maximum absolute atomic E-state index is 12.7. The van der Waals surface area contributed by atoms with Gasteiger partial charge in [-0.15, -0.1) is 0 Å². The van der Waals surface area contributed by atoms with Crippen LogP contribution >= 0.6 is 0 Å². The van der Waals surface area contributed by atoms with Gasteiger partial charge >= 0.3 is 0 Å². The van der Waals surface area contributed by atoms with Crippen molar-refractivity contribution in [3.8, 4) is 11.8 Å². The van der Waals surface area contributed by atoms with Crippen molar-refractivity contribution >= 4 is 0 Å². The Morgan fingerprint density at radius 2 is 2.08 bits per heavy atom. The largest absolute Gasteiger partial charge is 0.505 e. The van der Waals surface area contributed by atoms with Gasteiger partial charge in [0.1, 0.15) is 0 Å².